The van der Waals surface area contributed by atoms with Gasteiger partial charge in [-0.25, -0.2) is 0 Å². The summed E-state index contributed by atoms with van der Waals surface area (Å²) in [6, 6.07) is 0. The first-order valence-corrected chi connectivity index (χ1v) is 2.93. The molecule has 4 nitrogen and oxygen atoms in total. The molecule has 2 aliphatic heterocycles. The molecule has 0 N–H and O–H groups in total. The molecule has 1 amide bonds. The number of amides is 1. The van der Waals surface area contributed by atoms with Crippen LogP contribution in [0.25, 0.3) is 0 Å². The Morgan fingerprint density at radius 2 is 2.60 bits per heavy atom. The molecule has 2 heterocycles. The molecule has 0 saturated carbocycles. The summed E-state index contributed by atoms with van der Waals surface area (Å²) in [5.74, 6) is 0. The fourth-order valence-electron chi connectivity index (χ4n) is 0.989. The van der Waals surface area contributed by atoms with Gasteiger partial charge in [0.1, 0.15) is 0 Å². The van der Waals surface area contributed by atoms with E-state index in [-0.39, 0.29) is 0 Å². The summed E-state index contributed by atoms with van der Waals surface area (Å²) in [4.78, 5) is 11.8. The fraction of sp³-hybridized carbons (Fsp3) is 0.167. The molecular formula is C6H5N3O. The van der Waals surface area contributed by atoms with Crippen LogP contribution in [0.2, 0.25) is 0 Å². The Morgan fingerprint density at radius 1 is 1.70 bits per heavy atom. The first-order chi connectivity index (χ1) is 4.90. The summed E-state index contributed by atoms with van der Waals surface area (Å²) in [6.45, 7) is 0.568. The molecule has 0 aliphatic carbocycles. The Balaban J connectivity index is 2.32. The van der Waals surface area contributed by atoms with Gasteiger partial charge in [0.05, 0.1) is 18.5 Å². The highest BCUT2D eigenvalue weighted by Gasteiger charge is 2.20. The molecule has 0 unspecified atom stereocenters. The van der Waals surface area contributed by atoms with Crippen LogP contribution in [0.15, 0.2) is 22.0 Å². The third-order valence-corrected chi connectivity index (χ3v) is 1.48. The zero-order valence-electron chi connectivity index (χ0n) is 5.19. The van der Waals surface area contributed by atoms with Gasteiger partial charge in [-0.05, 0) is 0 Å². The molecule has 10 heavy (non-hydrogen) atoms. The second kappa shape index (κ2) is 1.76. The molecule has 4 heteroatoms. The van der Waals surface area contributed by atoms with Crippen LogP contribution < -0.4 is 0 Å². The highest BCUT2D eigenvalue weighted by Crippen LogP contribution is 2.12. The topological polar surface area (TPSA) is 45.0 Å². The molecule has 0 aromatic rings. The number of hydrogen-bond acceptors (Lipinski definition) is 3. The summed E-state index contributed by atoms with van der Waals surface area (Å²) >= 11 is 0. The molecule has 0 saturated heterocycles. The van der Waals surface area contributed by atoms with E-state index in [2.05, 4.69) is 10.2 Å². The van der Waals surface area contributed by atoms with Gasteiger partial charge >= 0.3 is 0 Å². The van der Waals surface area contributed by atoms with Crippen LogP contribution in [0.5, 0.6) is 0 Å². The van der Waals surface area contributed by atoms with Gasteiger partial charge in [0, 0.05) is 11.8 Å². The maximum absolute atomic E-state index is 10.2. The van der Waals surface area contributed by atoms with Crippen molar-refractivity contribution in [1.82, 2.24) is 4.90 Å². The first kappa shape index (κ1) is 5.34. The molecule has 0 fully saturated rings. The van der Waals surface area contributed by atoms with Gasteiger partial charge < -0.3 is 4.90 Å². The molecule has 2 rings (SSSR count). The van der Waals surface area contributed by atoms with Crippen molar-refractivity contribution in [2.24, 2.45) is 10.2 Å². The number of nitrogens with zero attached hydrogens (tertiary/aromatic N) is 3. The Morgan fingerprint density at radius 3 is 3.30 bits per heavy atom. The number of carbonyl (C=O) groups is 1. The van der Waals surface area contributed by atoms with Crippen LogP contribution in [-0.4, -0.2) is 29.8 Å². The number of fused-ring (bicyclic) bond motifs is 1. The van der Waals surface area contributed by atoms with Gasteiger partial charge in [-0.1, -0.05) is 0 Å². The molecule has 2 aliphatic rings. The van der Waals surface area contributed by atoms with Crippen molar-refractivity contribution < 1.29 is 4.79 Å². The van der Waals surface area contributed by atoms with Crippen LogP contribution >= 0.6 is 0 Å². The lowest BCUT2D eigenvalue weighted by Crippen LogP contribution is -2.15. The van der Waals surface area contributed by atoms with Gasteiger partial charge in [0.25, 0.3) is 0 Å². The highest BCUT2D eigenvalue weighted by atomic mass is 16.1. The number of hydrogen-bond donors (Lipinski definition) is 0. The minimum atomic E-state index is 0.568. The molecule has 0 radical (unpaired) electrons. The van der Waals surface area contributed by atoms with Crippen LogP contribution in [0.1, 0.15) is 0 Å². The third-order valence-electron chi connectivity index (χ3n) is 1.48. The van der Waals surface area contributed by atoms with Crippen LogP contribution in [0, 0.1) is 0 Å². The van der Waals surface area contributed by atoms with Gasteiger partial charge in [-0.2, -0.15) is 10.2 Å². The third kappa shape index (κ3) is 0.586. The van der Waals surface area contributed by atoms with E-state index in [0.29, 0.717) is 6.54 Å². The first-order valence-electron chi connectivity index (χ1n) is 2.93. The number of rotatable bonds is 1. The molecule has 50 valence electrons. The van der Waals surface area contributed by atoms with Crippen molar-refractivity contribution in [3.8, 4) is 0 Å². The van der Waals surface area contributed by atoms with Gasteiger partial charge in [-0.15, -0.1) is 0 Å². The number of carbonyl (C=O) groups excluding carboxylic acids is 1. The van der Waals surface area contributed by atoms with E-state index in [9.17, 15) is 4.79 Å². The van der Waals surface area contributed by atoms with Crippen molar-refractivity contribution in [1.29, 1.82) is 0 Å². The van der Waals surface area contributed by atoms with E-state index < -0.39 is 0 Å². The van der Waals surface area contributed by atoms with E-state index in [4.69, 9.17) is 0 Å². The van der Waals surface area contributed by atoms with Gasteiger partial charge in [0.2, 0.25) is 6.41 Å². The predicted molar refractivity (Wildman–Crippen MR) is 36.8 cm³/mol. The monoisotopic (exact) mass is 135 g/mol. The normalized spacial score (nSPS) is 20.6. The van der Waals surface area contributed by atoms with E-state index in [0.717, 1.165) is 17.7 Å². The van der Waals surface area contributed by atoms with Crippen molar-refractivity contribution in [2.45, 2.75) is 0 Å². The largest absolute Gasteiger partial charge is 0.315 e. The molecule has 0 spiro atoms. The summed E-state index contributed by atoms with van der Waals surface area (Å²) in [5, 5.41) is 7.50. The highest BCUT2D eigenvalue weighted by molar-refractivity contribution is 6.21. The van der Waals surface area contributed by atoms with Crippen molar-refractivity contribution in [2.75, 3.05) is 6.54 Å². The maximum Gasteiger partial charge on any atom is 0.214 e. The Hall–Kier alpha value is -1.45. The Labute approximate surface area is 57.5 Å². The fourth-order valence-corrected chi connectivity index (χ4v) is 0.989. The smallest absolute Gasteiger partial charge is 0.214 e. The van der Waals surface area contributed by atoms with E-state index in [1.54, 1.807) is 17.3 Å². The van der Waals surface area contributed by atoms with E-state index in [1.807, 2.05) is 0 Å². The van der Waals surface area contributed by atoms with Crippen LogP contribution in [0.4, 0.5) is 0 Å². The van der Waals surface area contributed by atoms with Gasteiger partial charge in [0.15, 0.2) is 0 Å². The maximum atomic E-state index is 10.2. The molecular weight excluding hydrogens is 130 g/mol. The molecule has 0 aromatic heterocycles. The average Bonchev–Trinajstić information content (AvgIpc) is 2.42. The lowest BCUT2D eigenvalue weighted by molar-refractivity contribution is -0.115. The van der Waals surface area contributed by atoms with Crippen molar-refractivity contribution >= 4 is 18.3 Å². The SMILES string of the molecule is O=CN1C=C2C=NN=C2C1. The molecule has 0 bridgehead atoms. The lowest BCUT2D eigenvalue weighted by atomic mass is 10.2. The van der Waals surface area contributed by atoms with E-state index >= 15 is 0 Å². The zero-order valence-corrected chi connectivity index (χ0v) is 5.19. The summed E-state index contributed by atoms with van der Waals surface area (Å²) in [7, 11) is 0. The van der Waals surface area contributed by atoms with Crippen LogP contribution in [0.3, 0.4) is 0 Å². The zero-order chi connectivity index (χ0) is 6.97. The lowest BCUT2D eigenvalue weighted by Gasteiger charge is -2.00. The minimum Gasteiger partial charge on any atom is -0.315 e. The van der Waals surface area contributed by atoms with Gasteiger partial charge in [-0.3, -0.25) is 4.79 Å². The standard InChI is InChI=1S/C6H5N3O/c10-4-9-2-5-1-7-8-6(5)3-9/h1-2,4H,3H2. The summed E-state index contributed by atoms with van der Waals surface area (Å²) in [5.41, 5.74) is 1.83. The summed E-state index contributed by atoms with van der Waals surface area (Å²) < 4.78 is 0. The van der Waals surface area contributed by atoms with Crippen molar-refractivity contribution in [3.63, 3.8) is 0 Å². The Bertz CT molecular complexity index is 264. The average molecular weight is 135 g/mol. The van der Waals surface area contributed by atoms with Crippen LogP contribution in [-0.2, 0) is 4.79 Å². The quantitative estimate of drug-likeness (QED) is 0.458. The minimum absolute atomic E-state index is 0.568. The summed E-state index contributed by atoms with van der Waals surface area (Å²) in [6.07, 6.45) is 4.17. The molecule has 0 aromatic carbocycles. The second-order valence-electron chi connectivity index (χ2n) is 2.15. The second-order valence-corrected chi connectivity index (χ2v) is 2.15. The predicted octanol–water partition coefficient (Wildman–Crippen LogP) is -0.217. The molecule has 0 atom stereocenters. The van der Waals surface area contributed by atoms with E-state index in [1.165, 1.54) is 0 Å². The Kier molecular flexibility index (Phi) is 0.943. The van der Waals surface area contributed by atoms with Crippen molar-refractivity contribution in [3.05, 3.63) is 11.8 Å².